The number of nitrogens with one attached hydrogen (secondary N) is 2. The summed E-state index contributed by atoms with van der Waals surface area (Å²) in [6.45, 7) is 10.9. The van der Waals surface area contributed by atoms with Gasteiger partial charge in [-0.25, -0.2) is 0 Å². The molecule has 168 valence electrons. The van der Waals surface area contributed by atoms with Gasteiger partial charge in [0.25, 0.3) is 5.91 Å². The van der Waals surface area contributed by atoms with Crippen LogP contribution >= 0.6 is 0 Å². The van der Waals surface area contributed by atoms with Crippen molar-refractivity contribution in [1.29, 1.82) is 0 Å². The third-order valence-electron chi connectivity index (χ3n) is 5.41. The van der Waals surface area contributed by atoms with E-state index in [-0.39, 0.29) is 17.7 Å². The van der Waals surface area contributed by atoms with Crippen molar-refractivity contribution in [2.45, 2.75) is 53.8 Å². The van der Waals surface area contributed by atoms with Gasteiger partial charge < -0.3 is 10.6 Å². The van der Waals surface area contributed by atoms with E-state index in [0.29, 0.717) is 18.7 Å². The van der Waals surface area contributed by atoms with Crippen LogP contribution < -0.4 is 10.6 Å². The van der Waals surface area contributed by atoms with E-state index < -0.39 is 6.04 Å². The van der Waals surface area contributed by atoms with Crippen molar-refractivity contribution in [1.82, 2.24) is 20.4 Å². The number of hydrogen-bond acceptors (Lipinski definition) is 3. The lowest BCUT2D eigenvalue weighted by Crippen LogP contribution is -2.49. The molecule has 6 nitrogen and oxygen atoms in total. The first-order chi connectivity index (χ1) is 15.2. The number of carbonyl (C=O) groups is 2. The standard InChI is InChI=1S/C26H32N4O2/c1-17(2)24(28-25(31)23-11-6-8-18(3)12-23)26(32)27-15-21-9-7-10-22(14-21)16-30-20(5)13-19(4)29-30/h6-14,17,24H,15-16H2,1-5H3,(H,27,32)(H,28,31). The molecule has 0 fully saturated rings. The van der Waals surface area contributed by atoms with E-state index >= 15 is 0 Å². The number of carbonyl (C=O) groups excluding carboxylic acids is 2. The Morgan fingerprint density at radius 2 is 1.69 bits per heavy atom. The van der Waals surface area contributed by atoms with Gasteiger partial charge in [-0.3, -0.25) is 14.3 Å². The Kier molecular flexibility index (Phi) is 7.46. The Morgan fingerprint density at radius 1 is 0.969 bits per heavy atom. The first-order valence-electron chi connectivity index (χ1n) is 11.0. The molecule has 0 bridgehead atoms. The average Bonchev–Trinajstić information content (AvgIpc) is 3.06. The maximum absolute atomic E-state index is 12.9. The van der Waals surface area contributed by atoms with Crippen LogP contribution in [0.1, 0.15) is 52.3 Å². The average molecular weight is 433 g/mol. The van der Waals surface area contributed by atoms with Crippen molar-refractivity contribution in [3.05, 3.63) is 88.2 Å². The molecule has 1 heterocycles. The molecule has 6 heteroatoms. The van der Waals surface area contributed by atoms with E-state index in [0.717, 1.165) is 28.1 Å². The van der Waals surface area contributed by atoms with Crippen molar-refractivity contribution in [3.63, 3.8) is 0 Å². The third kappa shape index (κ3) is 6.06. The fourth-order valence-electron chi connectivity index (χ4n) is 3.69. The van der Waals surface area contributed by atoms with Gasteiger partial charge in [-0.2, -0.15) is 5.10 Å². The summed E-state index contributed by atoms with van der Waals surface area (Å²) in [7, 11) is 0. The van der Waals surface area contributed by atoms with Gasteiger partial charge in [-0.15, -0.1) is 0 Å². The summed E-state index contributed by atoms with van der Waals surface area (Å²) in [6, 6.07) is 16.9. The van der Waals surface area contributed by atoms with Crippen LogP contribution in [0, 0.1) is 26.7 Å². The summed E-state index contributed by atoms with van der Waals surface area (Å²) in [5.41, 5.74) is 5.80. The second-order valence-electron chi connectivity index (χ2n) is 8.69. The zero-order chi connectivity index (χ0) is 23.3. The van der Waals surface area contributed by atoms with Crippen LogP contribution in [0.2, 0.25) is 0 Å². The molecule has 3 rings (SSSR count). The highest BCUT2D eigenvalue weighted by Gasteiger charge is 2.24. The number of aryl methyl sites for hydroxylation is 3. The predicted octanol–water partition coefficient (Wildman–Crippen LogP) is 3.93. The van der Waals surface area contributed by atoms with E-state index in [4.69, 9.17) is 0 Å². The van der Waals surface area contributed by atoms with E-state index in [9.17, 15) is 9.59 Å². The zero-order valence-electron chi connectivity index (χ0n) is 19.5. The molecular formula is C26H32N4O2. The van der Waals surface area contributed by atoms with Crippen LogP contribution in [0.25, 0.3) is 0 Å². The molecule has 2 amide bonds. The second kappa shape index (κ2) is 10.3. The lowest BCUT2D eigenvalue weighted by Gasteiger charge is -2.22. The molecule has 3 aromatic rings. The van der Waals surface area contributed by atoms with Crippen LogP contribution in [0.5, 0.6) is 0 Å². The number of amides is 2. The van der Waals surface area contributed by atoms with E-state index in [1.54, 1.807) is 6.07 Å². The van der Waals surface area contributed by atoms with Crippen molar-refractivity contribution in [2.75, 3.05) is 0 Å². The van der Waals surface area contributed by atoms with Gasteiger partial charge in [0.15, 0.2) is 0 Å². The zero-order valence-corrected chi connectivity index (χ0v) is 19.5. The van der Waals surface area contributed by atoms with Crippen LogP contribution in [0.4, 0.5) is 0 Å². The number of nitrogens with zero attached hydrogens (tertiary/aromatic N) is 2. The number of rotatable bonds is 8. The van der Waals surface area contributed by atoms with Crippen LogP contribution in [0.15, 0.2) is 54.6 Å². The smallest absolute Gasteiger partial charge is 0.251 e. The third-order valence-corrected chi connectivity index (χ3v) is 5.41. The highest BCUT2D eigenvalue weighted by atomic mass is 16.2. The van der Waals surface area contributed by atoms with Gasteiger partial charge >= 0.3 is 0 Å². The molecule has 0 aliphatic carbocycles. The molecule has 0 saturated heterocycles. The highest BCUT2D eigenvalue weighted by molar-refractivity contribution is 5.97. The van der Waals surface area contributed by atoms with Gasteiger partial charge in [-0.05, 0) is 56.0 Å². The molecule has 1 aromatic heterocycles. The van der Waals surface area contributed by atoms with Crippen LogP contribution in [-0.4, -0.2) is 27.6 Å². The maximum Gasteiger partial charge on any atom is 0.251 e. The van der Waals surface area contributed by atoms with E-state index in [1.807, 2.05) is 69.6 Å². The van der Waals surface area contributed by atoms with Crippen LogP contribution in [-0.2, 0) is 17.9 Å². The van der Waals surface area contributed by atoms with Gasteiger partial charge in [0.05, 0.1) is 12.2 Å². The monoisotopic (exact) mass is 432 g/mol. The van der Waals surface area contributed by atoms with Gasteiger partial charge in [0.2, 0.25) is 5.91 Å². The minimum absolute atomic E-state index is 0.0406. The maximum atomic E-state index is 12.9. The molecule has 0 aliphatic rings. The van der Waals surface area contributed by atoms with Gasteiger partial charge in [0, 0.05) is 17.8 Å². The largest absolute Gasteiger partial charge is 0.350 e. The van der Waals surface area contributed by atoms with E-state index in [2.05, 4.69) is 33.9 Å². The lowest BCUT2D eigenvalue weighted by atomic mass is 10.0. The molecular weight excluding hydrogens is 400 g/mol. The topological polar surface area (TPSA) is 76.0 Å². The first kappa shape index (κ1) is 23.3. The molecule has 0 saturated carbocycles. The fourth-order valence-corrected chi connectivity index (χ4v) is 3.69. The molecule has 2 aromatic carbocycles. The summed E-state index contributed by atoms with van der Waals surface area (Å²) >= 11 is 0. The molecule has 32 heavy (non-hydrogen) atoms. The number of aromatic nitrogens is 2. The quantitative estimate of drug-likeness (QED) is 0.566. The number of benzene rings is 2. The second-order valence-corrected chi connectivity index (χ2v) is 8.69. The normalized spacial score (nSPS) is 11.9. The molecule has 1 unspecified atom stereocenters. The van der Waals surface area contributed by atoms with Crippen molar-refractivity contribution >= 4 is 11.8 Å². The number of hydrogen-bond donors (Lipinski definition) is 2. The van der Waals surface area contributed by atoms with E-state index in [1.165, 1.54) is 0 Å². The summed E-state index contributed by atoms with van der Waals surface area (Å²) < 4.78 is 1.97. The predicted molar refractivity (Wildman–Crippen MR) is 126 cm³/mol. The minimum atomic E-state index is -0.610. The van der Waals surface area contributed by atoms with Gasteiger partial charge in [-0.1, -0.05) is 55.8 Å². The molecule has 0 radical (unpaired) electrons. The summed E-state index contributed by atoms with van der Waals surface area (Å²) in [6.07, 6.45) is 0. The van der Waals surface area contributed by atoms with Crippen LogP contribution in [0.3, 0.4) is 0 Å². The Hall–Kier alpha value is -3.41. The first-order valence-corrected chi connectivity index (χ1v) is 11.0. The fraction of sp³-hybridized carbons (Fsp3) is 0.346. The molecule has 2 N–H and O–H groups in total. The van der Waals surface area contributed by atoms with Crippen molar-refractivity contribution in [2.24, 2.45) is 5.92 Å². The minimum Gasteiger partial charge on any atom is -0.350 e. The summed E-state index contributed by atoms with van der Waals surface area (Å²) in [5.74, 6) is -0.472. The Bertz CT molecular complexity index is 1100. The molecule has 0 spiro atoms. The highest BCUT2D eigenvalue weighted by Crippen LogP contribution is 2.11. The SMILES string of the molecule is Cc1cccc(C(=O)NC(C(=O)NCc2cccc(Cn3nc(C)cc3C)c2)C(C)C)c1. The molecule has 1 atom stereocenters. The van der Waals surface area contributed by atoms with Crippen molar-refractivity contribution < 1.29 is 9.59 Å². The summed E-state index contributed by atoms with van der Waals surface area (Å²) in [4.78, 5) is 25.5. The Labute approximate surface area is 190 Å². The Morgan fingerprint density at radius 3 is 2.34 bits per heavy atom. The van der Waals surface area contributed by atoms with Gasteiger partial charge in [0.1, 0.15) is 6.04 Å². The van der Waals surface area contributed by atoms with Crippen molar-refractivity contribution in [3.8, 4) is 0 Å². The lowest BCUT2D eigenvalue weighted by molar-refractivity contribution is -0.124. The molecule has 0 aliphatic heterocycles. The Balaban J connectivity index is 1.62. The summed E-state index contributed by atoms with van der Waals surface area (Å²) in [5, 5.41) is 10.4.